The monoisotopic (exact) mass is 576 g/mol. The van der Waals surface area contributed by atoms with Crippen molar-refractivity contribution in [3.63, 3.8) is 0 Å². The Balaban J connectivity index is 1.26. The van der Waals surface area contributed by atoms with Gasteiger partial charge in [0, 0.05) is 33.4 Å². The zero-order chi connectivity index (χ0) is 30.8. The van der Waals surface area contributed by atoms with E-state index in [1.54, 1.807) is 36.4 Å². The molecule has 3 N–H and O–H groups in total. The Hall–Kier alpha value is -6.60. The second-order valence-corrected chi connectivity index (χ2v) is 10.8. The molecule has 0 bridgehead atoms. The number of fused-ring (bicyclic) bond motifs is 3. The van der Waals surface area contributed by atoms with E-state index < -0.39 is 0 Å². The van der Waals surface area contributed by atoms with Crippen molar-refractivity contribution in [3.05, 3.63) is 161 Å². The minimum atomic E-state index is 0.235. The van der Waals surface area contributed by atoms with Crippen LogP contribution in [0.5, 0.6) is 17.2 Å². The van der Waals surface area contributed by atoms with Crippen molar-refractivity contribution in [2.75, 3.05) is 0 Å². The fourth-order valence-electron chi connectivity index (χ4n) is 5.21. The molecule has 45 heavy (non-hydrogen) atoms. The summed E-state index contributed by atoms with van der Waals surface area (Å²) in [5, 5.41) is 35.2. The Labute approximate surface area is 260 Å². The van der Waals surface area contributed by atoms with E-state index in [-0.39, 0.29) is 17.2 Å². The van der Waals surface area contributed by atoms with Crippen LogP contribution >= 0.6 is 0 Å². The van der Waals surface area contributed by atoms with Gasteiger partial charge in [-0.25, -0.2) is 0 Å². The quantitative estimate of drug-likeness (QED) is 0.159. The van der Waals surface area contributed by atoms with Gasteiger partial charge in [0.25, 0.3) is 0 Å². The summed E-state index contributed by atoms with van der Waals surface area (Å²) in [5.41, 5.74) is 4.96. The molecule has 7 aromatic carbocycles. The lowest BCUT2D eigenvalue weighted by Gasteiger charge is -2.01. The van der Waals surface area contributed by atoms with Gasteiger partial charge in [0.1, 0.15) is 17.2 Å². The van der Waals surface area contributed by atoms with E-state index in [2.05, 4.69) is 35.5 Å². The minimum absolute atomic E-state index is 0.235. The molecule has 0 unspecified atom stereocenters. The Morgan fingerprint density at radius 3 is 0.800 bits per heavy atom. The third-order valence-electron chi connectivity index (χ3n) is 7.46. The summed E-state index contributed by atoms with van der Waals surface area (Å²) >= 11 is 0. The Bertz CT molecular complexity index is 2200. The van der Waals surface area contributed by atoms with Crippen molar-refractivity contribution in [1.29, 1.82) is 0 Å². The normalized spacial score (nSPS) is 10.4. The summed E-state index contributed by atoms with van der Waals surface area (Å²) in [4.78, 5) is 0. The molecule has 0 aliphatic heterocycles. The maximum atomic E-state index is 9.78. The van der Waals surface area contributed by atoms with E-state index in [4.69, 9.17) is 0 Å². The second-order valence-electron chi connectivity index (χ2n) is 10.8. The SMILES string of the molecule is Oc1ccc2cc(C#Cc3cc(C#Cc4ccc5cc(O)ccc5c4)cc(C#Cc4ccc5cc(O)ccc5c4)c3)ccc2c1. The standard InChI is InChI=1S/C42H24O3/c43-40-16-13-34-22-28(7-10-37(34)25-40)1-4-31-19-32(5-2-29-8-11-38-26-41(44)17-14-35(38)23-29)21-33(20-31)6-3-30-9-12-39-27-42(45)18-15-36(39)24-30/h7-27,43-45H. The summed E-state index contributed by atoms with van der Waals surface area (Å²) in [5.74, 6) is 20.4. The van der Waals surface area contributed by atoms with Crippen LogP contribution in [0.25, 0.3) is 32.3 Å². The summed E-state index contributed by atoms with van der Waals surface area (Å²) in [6.07, 6.45) is 0. The number of phenolic OH excluding ortho intramolecular Hbond substituents is 3. The highest BCUT2D eigenvalue weighted by Gasteiger charge is 2.01. The van der Waals surface area contributed by atoms with Gasteiger partial charge in [0.2, 0.25) is 0 Å². The highest BCUT2D eigenvalue weighted by Crippen LogP contribution is 2.23. The number of hydrogen-bond donors (Lipinski definition) is 3. The first-order valence-electron chi connectivity index (χ1n) is 14.3. The van der Waals surface area contributed by atoms with Gasteiger partial charge in [0.05, 0.1) is 0 Å². The average molecular weight is 577 g/mol. The average Bonchev–Trinajstić information content (AvgIpc) is 3.05. The summed E-state index contributed by atoms with van der Waals surface area (Å²) < 4.78 is 0. The summed E-state index contributed by atoms with van der Waals surface area (Å²) in [6.45, 7) is 0. The van der Waals surface area contributed by atoms with E-state index in [1.807, 2.05) is 91.0 Å². The van der Waals surface area contributed by atoms with E-state index in [0.717, 1.165) is 65.7 Å². The van der Waals surface area contributed by atoms with Crippen LogP contribution in [0.3, 0.4) is 0 Å². The Morgan fingerprint density at radius 2 is 0.489 bits per heavy atom. The third kappa shape index (κ3) is 6.28. The number of phenols is 3. The van der Waals surface area contributed by atoms with Crippen molar-refractivity contribution < 1.29 is 15.3 Å². The van der Waals surface area contributed by atoms with Gasteiger partial charge in [-0.3, -0.25) is 0 Å². The lowest BCUT2D eigenvalue weighted by atomic mass is 10.0. The van der Waals surface area contributed by atoms with Gasteiger partial charge in [-0.2, -0.15) is 0 Å². The first-order valence-corrected chi connectivity index (χ1v) is 14.3. The largest absolute Gasteiger partial charge is 0.508 e. The molecule has 7 aromatic rings. The van der Waals surface area contributed by atoms with Gasteiger partial charge in [-0.05, 0) is 123 Å². The summed E-state index contributed by atoms with van der Waals surface area (Å²) in [7, 11) is 0. The first-order chi connectivity index (χ1) is 21.9. The minimum Gasteiger partial charge on any atom is -0.508 e. The van der Waals surface area contributed by atoms with Gasteiger partial charge >= 0.3 is 0 Å². The maximum absolute atomic E-state index is 9.78. The van der Waals surface area contributed by atoms with Crippen molar-refractivity contribution in [2.45, 2.75) is 0 Å². The van der Waals surface area contributed by atoms with Crippen LogP contribution in [0.15, 0.2) is 127 Å². The Kier molecular flexibility index (Phi) is 7.01. The number of benzene rings is 7. The van der Waals surface area contributed by atoms with Crippen molar-refractivity contribution >= 4 is 32.3 Å². The molecule has 3 heteroatoms. The van der Waals surface area contributed by atoms with E-state index >= 15 is 0 Å². The molecule has 0 saturated heterocycles. The molecule has 3 nitrogen and oxygen atoms in total. The summed E-state index contributed by atoms with van der Waals surface area (Å²) in [6, 6.07) is 39.5. The number of aromatic hydroxyl groups is 3. The van der Waals surface area contributed by atoms with Crippen LogP contribution in [0, 0.1) is 35.5 Å². The van der Waals surface area contributed by atoms with Gasteiger partial charge in [0.15, 0.2) is 0 Å². The zero-order valence-corrected chi connectivity index (χ0v) is 24.0. The molecule has 0 atom stereocenters. The third-order valence-corrected chi connectivity index (χ3v) is 7.46. The maximum Gasteiger partial charge on any atom is 0.116 e. The van der Waals surface area contributed by atoms with Crippen LogP contribution in [0.4, 0.5) is 0 Å². The fraction of sp³-hybridized carbons (Fsp3) is 0. The lowest BCUT2D eigenvalue weighted by molar-refractivity contribution is 0.475. The molecule has 0 saturated carbocycles. The molecule has 0 fully saturated rings. The van der Waals surface area contributed by atoms with Crippen LogP contribution in [-0.4, -0.2) is 15.3 Å². The van der Waals surface area contributed by atoms with Gasteiger partial charge in [-0.15, -0.1) is 0 Å². The zero-order valence-electron chi connectivity index (χ0n) is 24.0. The molecular formula is C42H24O3. The van der Waals surface area contributed by atoms with Gasteiger partial charge < -0.3 is 15.3 Å². The molecule has 0 aliphatic carbocycles. The molecule has 0 radical (unpaired) electrons. The van der Waals surface area contributed by atoms with Crippen molar-refractivity contribution in [3.8, 4) is 52.8 Å². The topological polar surface area (TPSA) is 60.7 Å². The van der Waals surface area contributed by atoms with Crippen LogP contribution < -0.4 is 0 Å². The fourth-order valence-corrected chi connectivity index (χ4v) is 5.21. The Morgan fingerprint density at radius 1 is 0.244 bits per heavy atom. The predicted molar refractivity (Wildman–Crippen MR) is 181 cm³/mol. The van der Waals surface area contributed by atoms with E-state index in [0.29, 0.717) is 0 Å². The van der Waals surface area contributed by atoms with Crippen molar-refractivity contribution in [1.82, 2.24) is 0 Å². The first kappa shape index (κ1) is 27.2. The lowest BCUT2D eigenvalue weighted by Crippen LogP contribution is -1.86. The molecule has 210 valence electrons. The second kappa shape index (κ2) is 11.6. The van der Waals surface area contributed by atoms with Crippen LogP contribution in [-0.2, 0) is 0 Å². The molecule has 0 aliphatic rings. The molecule has 0 spiro atoms. The molecule has 0 aromatic heterocycles. The van der Waals surface area contributed by atoms with E-state index in [9.17, 15) is 15.3 Å². The van der Waals surface area contributed by atoms with Crippen molar-refractivity contribution in [2.24, 2.45) is 0 Å². The number of hydrogen-bond acceptors (Lipinski definition) is 3. The highest BCUT2D eigenvalue weighted by atomic mass is 16.3. The molecule has 0 amide bonds. The van der Waals surface area contributed by atoms with E-state index in [1.165, 1.54) is 0 Å². The predicted octanol–water partition coefficient (Wildman–Crippen LogP) is 8.46. The molecule has 7 rings (SSSR count). The smallest absolute Gasteiger partial charge is 0.116 e. The number of rotatable bonds is 0. The highest BCUT2D eigenvalue weighted by molar-refractivity contribution is 5.87. The van der Waals surface area contributed by atoms with Crippen LogP contribution in [0.1, 0.15) is 33.4 Å². The molecular weight excluding hydrogens is 552 g/mol. The van der Waals surface area contributed by atoms with Gasteiger partial charge in [-0.1, -0.05) is 71.9 Å². The molecule has 0 heterocycles. The van der Waals surface area contributed by atoms with Crippen LogP contribution in [0.2, 0.25) is 0 Å².